The van der Waals surface area contributed by atoms with Crippen LogP contribution >= 0.6 is 11.6 Å². The first-order valence-corrected chi connectivity index (χ1v) is 10.9. The molecule has 0 aromatic heterocycles. The van der Waals surface area contributed by atoms with Gasteiger partial charge < -0.3 is 14.5 Å². The van der Waals surface area contributed by atoms with Crippen LogP contribution < -0.4 is 4.74 Å². The monoisotopic (exact) mass is 426 g/mol. The third-order valence-corrected chi connectivity index (χ3v) is 6.28. The number of carbonyl (C=O) groups is 1. The molecule has 2 aliphatic rings. The number of carbonyl (C=O) groups excluding carboxylic acids is 1. The van der Waals surface area contributed by atoms with Gasteiger partial charge in [-0.05, 0) is 54.3 Å². The van der Waals surface area contributed by atoms with E-state index in [2.05, 4.69) is 5.16 Å². The summed E-state index contributed by atoms with van der Waals surface area (Å²) in [6.07, 6.45) is 4.70. The van der Waals surface area contributed by atoms with Crippen molar-refractivity contribution in [2.75, 3.05) is 13.7 Å². The third-order valence-electron chi connectivity index (χ3n) is 5.92. The molecule has 158 valence electrons. The Kier molecular flexibility index (Phi) is 6.58. The van der Waals surface area contributed by atoms with Gasteiger partial charge in [-0.2, -0.15) is 0 Å². The van der Waals surface area contributed by atoms with E-state index in [-0.39, 0.29) is 17.9 Å². The highest BCUT2D eigenvalue weighted by Crippen LogP contribution is 2.29. The molecule has 0 N–H and O–H groups in total. The molecule has 0 spiro atoms. The van der Waals surface area contributed by atoms with E-state index < -0.39 is 0 Å². The number of hydrogen-bond donors (Lipinski definition) is 0. The Hall–Kier alpha value is -2.53. The topological polar surface area (TPSA) is 51.1 Å². The molecule has 1 aliphatic heterocycles. The quantitative estimate of drug-likeness (QED) is 0.621. The van der Waals surface area contributed by atoms with E-state index in [4.69, 9.17) is 21.2 Å². The Morgan fingerprint density at radius 1 is 1.17 bits per heavy atom. The lowest BCUT2D eigenvalue weighted by molar-refractivity contribution is -0.137. The first-order chi connectivity index (χ1) is 14.6. The van der Waals surface area contributed by atoms with E-state index in [1.165, 1.54) is 0 Å². The molecule has 6 heteroatoms. The molecule has 4 rings (SSSR count). The first kappa shape index (κ1) is 20.7. The van der Waals surface area contributed by atoms with Gasteiger partial charge in [0, 0.05) is 23.9 Å². The number of rotatable bonds is 7. The molecule has 2 aromatic rings. The standard InChI is InChI=1S/C24H27ClN2O3/c1-29-20-12-10-17(11-13-20)23-14-21(30-26-23)16-27(24(28)18-6-2-3-7-18)15-19-8-4-5-9-22(19)25/h4-5,8-13,18,21H,2-3,6-7,14-16H2,1H3. The summed E-state index contributed by atoms with van der Waals surface area (Å²) in [5.74, 6) is 1.12. The van der Waals surface area contributed by atoms with E-state index >= 15 is 0 Å². The summed E-state index contributed by atoms with van der Waals surface area (Å²) in [6, 6.07) is 15.5. The second kappa shape index (κ2) is 9.52. The van der Waals surface area contributed by atoms with Gasteiger partial charge in [-0.1, -0.05) is 47.8 Å². The van der Waals surface area contributed by atoms with Crippen molar-refractivity contribution in [1.29, 1.82) is 0 Å². The number of amides is 1. The lowest BCUT2D eigenvalue weighted by Crippen LogP contribution is -2.40. The number of nitrogens with zero attached hydrogens (tertiary/aromatic N) is 2. The molecular weight excluding hydrogens is 400 g/mol. The molecule has 1 unspecified atom stereocenters. The molecule has 0 radical (unpaired) electrons. The van der Waals surface area contributed by atoms with E-state index in [1.54, 1.807) is 7.11 Å². The predicted molar refractivity (Wildman–Crippen MR) is 118 cm³/mol. The smallest absolute Gasteiger partial charge is 0.226 e. The molecule has 30 heavy (non-hydrogen) atoms. The zero-order valence-corrected chi connectivity index (χ0v) is 18.0. The average Bonchev–Trinajstić information content (AvgIpc) is 3.47. The van der Waals surface area contributed by atoms with Crippen molar-refractivity contribution in [1.82, 2.24) is 4.90 Å². The maximum Gasteiger partial charge on any atom is 0.226 e. The van der Waals surface area contributed by atoms with Gasteiger partial charge in [-0.25, -0.2) is 0 Å². The molecule has 2 aromatic carbocycles. The molecule has 1 aliphatic carbocycles. The summed E-state index contributed by atoms with van der Waals surface area (Å²) in [4.78, 5) is 20.9. The van der Waals surface area contributed by atoms with Gasteiger partial charge in [0.1, 0.15) is 5.75 Å². The maximum absolute atomic E-state index is 13.2. The highest BCUT2D eigenvalue weighted by molar-refractivity contribution is 6.31. The predicted octanol–water partition coefficient (Wildman–Crippen LogP) is 5.06. The van der Waals surface area contributed by atoms with Crippen molar-refractivity contribution >= 4 is 23.2 Å². The molecular formula is C24H27ClN2O3. The number of ether oxygens (including phenoxy) is 1. The van der Waals surface area contributed by atoms with Gasteiger partial charge >= 0.3 is 0 Å². The lowest BCUT2D eigenvalue weighted by Gasteiger charge is -2.28. The van der Waals surface area contributed by atoms with Gasteiger partial charge in [0.25, 0.3) is 0 Å². The van der Waals surface area contributed by atoms with Crippen molar-refractivity contribution < 1.29 is 14.4 Å². The van der Waals surface area contributed by atoms with Crippen LogP contribution in [0.4, 0.5) is 0 Å². The molecule has 5 nitrogen and oxygen atoms in total. The summed E-state index contributed by atoms with van der Waals surface area (Å²) in [5.41, 5.74) is 2.87. The lowest BCUT2D eigenvalue weighted by atomic mass is 10.0. The van der Waals surface area contributed by atoms with Crippen LogP contribution in [0.5, 0.6) is 5.75 Å². The van der Waals surface area contributed by atoms with Gasteiger partial charge in [0.15, 0.2) is 6.10 Å². The van der Waals surface area contributed by atoms with Crippen LogP contribution in [0.2, 0.25) is 5.02 Å². The zero-order chi connectivity index (χ0) is 20.9. The van der Waals surface area contributed by atoms with Crippen LogP contribution in [0.25, 0.3) is 0 Å². The van der Waals surface area contributed by atoms with Crippen LogP contribution in [0.15, 0.2) is 53.7 Å². The summed E-state index contributed by atoms with van der Waals surface area (Å²) in [7, 11) is 1.65. The van der Waals surface area contributed by atoms with E-state index in [0.29, 0.717) is 24.5 Å². The van der Waals surface area contributed by atoms with Gasteiger partial charge in [0.2, 0.25) is 5.91 Å². The fraction of sp³-hybridized carbons (Fsp3) is 0.417. The fourth-order valence-corrected chi connectivity index (χ4v) is 4.42. The minimum absolute atomic E-state index is 0.107. The van der Waals surface area contributed by atoms with E-state index in [9.17, 15) is 4.79 Å². The van der Waals surface area contributed by atoms with Crippen molar-refractivity contribution in [2.45, 2.75) is 44.8 Å². The van der Waals surface area contributed by atoms with Gasteiger partial charge in [0.05, 0.1) is 19.4 Å². The Morgan fingerprint density at radius 2 is 1.90 bits per heavy atom. The summed E-state index contributed by atoms with van der Waals surface area (Å²) < 4.78 is 5.22. The molecule has 1 saturated carbocycles. The van der Waals surface area contributed by atoms with E-state index in [0.717, 1.165) is 48.3 Å². The normalized spacial score (nSPS) is 18.7. The van der Waals surface area contributed by atoms with Crippen LogP contribution in [-0.4, -0.2) is 36.3 Å². The van der Waals surface area contributed by atoms with E-state index in [1.807, 2.05) is 53.4 Å². The minimum atomic E-state index is -0.157. The van der Waals surface area contributed by atoms with Gasteiger partial charge in [-0.3, -0.25) is 4.79 Å². The number of hydrogen-bond acceptors (Lipinski definition) is 4. The van der Waals surface area contributed by atoms with Crippen LogP contribution in [0.1, 0.15) is 43.2 Å². The summed E-state index contributed by atoms with van der Waals surface area (Å²) in [5, 5.41) is 4.97. The Balaban J connectivity index is 1.45. The zero-order valence-electron chi connectivity index (χ0n) is 17.2. The molecule has 0 saturated heterocycles. The van der Waals surface area contributed by atoms with Crippen LogP contribution in [-0.2, 0) is 16.2 Å². The van der Waals surface area contributed by atoms with Gasteiger partial charge in [-0.15, -0.1) is 0 Å². The second-order valence-electron chi connectivity index (χ2n) is 7.99. The Bertz CT molecular complexity index is 907. The van der Waals surface area contributed by atoms with Crippen molar-refractivity contribution in [2.24, 2.45) is 11.1 Å². The molecule has 1 heterocycles. The number of benzene rings is 2. The number of halogens is 1. The molecule has 1 fully saturated rings. The summed E-state index contributed by atoms with van der Waals surface area (Å²) in [6.45, 7) is 0.996. The molecule has 0 bridgehead atoms. The average molecular weight is 427 g/mol. The second-order valence-corrected chi connectivity index (χ2v) is 8.40. The largest absolute Gasteiger partial charge is 0.497 e. The minimum Gasteiger partial charge on any atom is -0.497 e. The van der Waals surface area contributed by atoms with Crippen molar-refractivity contribution in [3.8, 4) is 5.75 Å². The molecule has 1 amide bonds. The fourth-order valence-electron chi connectivity index (χ4n) is 4.22. The Morgan fingerprint density at radius 3 is 2.60 bits per heavy atom. The van der Waals surface area contributed by atoms with Crippen molar-refractivity contribution in [3.63, 3.8) is 0 Å². The highest BCUT2D eigenvalue weighted by Gasteiger charge is 2.31. The van der Waals surface area contributed by atoms with Crippen molar-refractivity contribution in [3.05, 3.63) is 64.7 Å². The number of methoxy groups -OCH3 is 1. The Labute approximate surface area is 182 Å². The highest BCUT2D eigenvalue weighted by atomic mass is 35.5. The third kappa shape index (κ3) is 4.78. The SMILES string of the molecule is COc1ccc(C2=NOC(CN(Cc3ccccc3Cl)C(=O)C3CCCC3)C2)cc1. The first-order valence-electron chi connectivity index (χ1n) is 10.5. The molecule has 1 atom stereocenters. The number of oxime groups is 1. The van der Waals surface area contributed by atoms with Crippen LogP contribution in [0.3, 0.4) is 0 Å². The maximum atomic E-state index is 13.2. The summed E-state index contributed by atoms with van der Waals surface area (Å²) >= 11 is 6.38. The van der Waals surface area contributed by atoms with Crippen LogP contribution in [0, 0.1) is 5.92 Å².